The van der Waals surface area contributed by atoms with Crippen molar-refractivity contribution in [2.75, 3.05) is 31.5 Å². The Hall–Kier alpha value is -4.11. The van der Waals surface area contributed by atoms with Gasteiger partial charge in [0.25, 0.3) is 5.91 Å². The minimum absolute atomic E-state index is 0.0353. The number of nitrogens with zero attached hydrogens (tertiary/aromatic N) is 4. The summed E-state index contributed by atoms with van der Waals surface area (Å²) in [7, 11) is 0. The van der Waals surface area contributed by atoms with Crippen molar-refractivity contribution in [1.29, 1.82) is 0 Å². The molecule has 3 heterocycles. The van der Waals surface area contributed by atoms with E-state index >= 15 is 0 Å². The molecule has 2 N–H and O–H groups in total. The van der Waals surface area contributed by atoms with Crippen LogP contribution < -0.4 is 15.4 Å². The molecular weight excluding hydrogens is 459 g/mol. The number of ether oxygens (including phenoxy) is 1. The number of piperazine rings is 1. The quantitative estimate of drug-likeness (QED) is 0.417. The van der Waals surface area contributed by atoms with Gasteiger partial charge in [-0.3, -0.25) is 4.79 Å². The zero-order valence-electron chi connectivity index (χ0n) is 20.2. The molecule has 36 heavy (non-hydrogen) atoms. The number of pyridine rings is 1. The van der Waals surface area contributed by atoms with Crippen LogP contribution in [0, 0.1) is 5.82 Å². The molecule has 0 bridgehead atoms. The van der Waals surface area contributed by atoms with E-state index in [0.717, 1.165) is 24.3 Å². The number of fused-ring (bicyclic) bond motifs is 1. The second-order valence-electron chi connectivity index (χ2n) is 8.84. The van der Waals surface area contributed by atoms with E-state index in [1.165, 1.54) is 18.5 Å². The van der Waals surface area contributed by atoms with Crippen LogP contribution in [0.5, 0.6) is 5.75 Å². The van der Waals surface area contributed by atoms with Crippen molar-refractivity contribution in [3.8, 4) is 17.0 Å². The lowest BCUT2D eigenvalue weighted by atomic mass is 10.1. The summed E-state index contributed by atoms with van der Waals surface area (Å²) in [6, 6.07) is 15.5. The van der Waals surface area contributed by atoms with E-state index in [1.807, 2.05) is 55.1 Å². The molecule has 0 radical (unpaired) electrons. The van der Waals surface area contributed by atoms with Crippen LogP contribution >= 0.6 is 0 Å². The summed E-state index contributed by atoms with van der Waals surface area (Å²) in [6.07, 6.45) is 1.33. The fourth-order valence-corrected chi connectivity index (χ4v) is 4.10. The van der Waals surface area contributed by atoms with E-state index in [2.05, 4.69) is 20.6 Å². The summed E-state index contributed by atoms with van der Waals surface area (Å²) < 4.78 is 19.6. The Bertz CT molecular complexity index is 1390. The summed E-state index contributed by atoms with van der Waals surface area (Å²) in [4.78, 5) is 28.2. The zero-order chi connectivity index (χ0) is 25.1. The van der Waals surface area contributed by atoms with Crippen molar-refractivity contribution in [3.63, 3.8) is 0 Å². The number of amides is 1. The minimum Gasteiger partial charge on any atom is -0.489 e. The topological polar surface area (TPSA) is 92.3 Å². The number of carbonyl (C=O) groups is 1. The first kappa shape index (κ1) is 23.6. The van der Waals surface area contributed by atoms with Crippen LogP contribution in [0.4, 0.5) is 15.9 Å². The summed E-state index contributed by atoms with van der Waals surface area (Å²) in [5.74, 6) is 0.515. The van der Waals surface area contributed by atoms with Gasteiger partial charge in [0.1, 0.15) is 23.4 Å². The molecule has 1 aliphatic heterocycles. The third-order valence-corrected chi connectivity index (χ3v) is 5.87. The lowest BCUT2D eigenvalue weighted by Gasteiger charge is -2.27. The van der Waals surface area contributed by atoms with Gasteiger partial charge in [-0.25, -0.2) is 19.3 Å². The van der Waals surface area contributed by atoms with E-state index in [-0.39, 0.29) is 17.8 Å². The Morgan fingerprint density at radius 1 is 1.06 bits per heavy atom. The Labute approximate surface area is 208 Å². The second-order valence-corrected chi connectivity index (χ2v) is 8.84. The Morgan fingerprint density at radius 3 is 2.58 bits per heavy atom. The van der Waals surface area contributed by atoms with Crippen molar-refractivity contribution < 1.29 is 13.9 Å². The summed E-state index contributed by atoms with van der Waals surface area (Å²) in [6.45, 7) is 6.80. The van der Waals surface area contributed by atoms with Gasteiger partial charge >= 0.3 is 0 Å². The molecule has 4 aromatic rings. The van der Waals surface area contributed by atoms with Crippen LogP contribution in [-0.4, -0.2) is 58.0 Å². The number of anilines is 2. The van der Waals surface area contributed by atoms with Crippen LogP contribution in [-0.2, 0) is 0 Å². The molecule has 9 heteroatoms. The number of aromatic nitrogens is 3. The van der Waals surface area contributed by atoms with Crippen molar-refractivity contribution in [2.24, 2.45) is 0 Å². The molecule has 1 saturated heterocycles. The molecule has 1 aliphatic rings. The monoisotopic (exact) mass is 486 g/mol. The number of rotatable bonds is 6. The summed E-state index contributed by atoms with van der Waals surface area (Å²) >= 11 is 0. The molecule has 0 aliphatic carbocycles. The molecule has 2 aromatic carbocycles. The van der Waals surface area contributed by atoms with Crippen LogP contribution in [0.25, 0.3) is 22.3 Å². The smallest absolute Gasteiger partial charge is 0.253 e. The number of benzene rings is 2. The fraction of sp³-hybridized carbons (Fsp3) is 0.259. The Morgan fingerprint density at radius 2 is 1.83 bits per heavy atom. The van der Waals surface area contributed by atoms with Gasteiger partial charge in [0.05, 0.1) is 23.0 Å². The largest absolute Gasteiger partial charge is 0.489 e. The molecule has 2 aromatic heterocycles. The first-order valence-corrected chi connectivity index (χ1v) is 11.9. The molecule has 5 rings (SSSR count). The summed E-state index contributed by atoms with van der Waals surface area (Å²) in [5, 5.41) is 6.49. The van der Waals surface area contributed by atoms with Gasteiger partial charge in [-0.1, -0.05) is 12.1 Å². The highest BCUT2D eigenvalue weighted by atomic mass is 19.1. The lowest BCUT2D eigenvalue weighted by Crippen LogP contribution is -2.46. The number of hydrogen-bond donors (Lipinski definition) is 2. The molecule has 0 atom stereocenters. The van der Waals surface area contributed by atoms with E-state index in [9.17, 15) is 9.18 Å². The van der Waals surface area contributed by atoms with Crippen LogP contribution in [0.3, 0.4) is 0 Å². The lowest BCUT2D eigenvalue weighted by molar-refractivity contribution is 0.0736. The normalized spacial score (nSPS) is 13.7. The zero-order valence-corrected chi connectivity index (χ0v) is 20.2. The second kappa shape index (κ2) is 10.2. The number of nitrogens with one attached hydrogen (secondary N) is 2. The number of hydrogen-bond acceptors (Lipinski definition) is 7. The fourth-order valence-electron chi connectivity index (χ4n) is 4.10. The average Bonchev–Trinajstić information content (AvgIpc) is 2.90. The maximum Gasteiger partial charge on any atom is 0.253 e. The molecule has 0 unspecified atom stereocenters. The molecular formula is C27H27FN6O2. The van der Waals surface area contributed by atoms with Crippen molar-refractivity contribution in [2.45, 2.75) is 20.0 Å². The molecule has 0 saturated carbocycles. The molecule has 8 nitrogen and oxygen atoms in total. The van der Waals surface area contributed by atoms with Gasteiger partial charge in [0.15, 0.2) is 5.82 Å². The third-order valence-electron chi connectivity index (χ3n) is 5.87. The predicted octanol–water partition coefficient (Wildman–Crippen LogP) is 4.41. The first-order chi connectivity index (χ1) is 17.5. The van der Waals surface area contributed by atoms with E-state index in [4.69, 9.17) is 9.72 Å². The standard InChI is InChI=1S/C27H27FN6O2/c1-17(2)36-24-15-20(28)7-8-22(24)33-26-25-23(30-16-31-26)10-9-21(32-25)18-3-5-19(6-4-18)27(35)34-13-11-29-12-14-34/h3-10,15-17,29H,11-14H2,1-2H3,(H,30,31,33). The number of halogens is 1. The molecule has 1 fully saturated rings. The maximum absolute atomic E-state index is 13.8. The van der Waals surface area contributed by atoms with E-state index < -0.39 is 0 Å². The predicted molar refractivity (Wildman–Crippen MR) is 137 cm³/mol. The summed E-state index contributed by atoms with van der Waals surface area (Å²) in [5.41, 5.74) is 4.05. The molecule has 0 spiro atoms. The maximum atomic E-state index is 13.8. The van der Waals surface area contributed by atoms with Crippen LogP contribution in [0.15, 0.2) is 60.9 Å². The van der Waals surface area contributed by atoms with Crippen LogP contribution in [0.1, 0.15) is 24.2 Å². The Kier molecular flexibility index (Phi) is 6.73. The third kappa shape index (κ3) is 5.11. The van der Waals surface area contributed by atoms with Gasteiger partial charge < -0.3 is 20.3 Å². The SMILES string of the molecule is CC(C)Oc1cc(F)ccc1Nc1ncnc2ccc(-c3ccc(C(=O)N4CCNCC4)cc3)nc12. The van der Waals surface area contributed by atoms with Crippen molar-refractivity contribution >= 4 is 28.4 Å². The molecule has 1 amide bonds. The Balaban J connectivity index is 1.44. The minimum atomic E-state index is -0.386. The van der Waals surface area contributed by atoms with Crippen molar-refractivity contribution in [3.05, 3.63) is 72.3 Å². The highest BCUT2D eigenvalue weighted by Gasteiger charge is 2.18. The average molecular weight is 487 g/mol. The van der Waals surface area contributed by atoms with Gasteiger partial charge in [-0.15, -0.1) is 0 Å². The van der Waals surface area contributed by atoms with Gasteiger partial charge in [-0.05, 0) is 50.2 Å². The van der Waals surface area contributed by atoms with Gasteiger partial charge in [0.2, 0.25) is 0 Å². The van der Waals surface area contributed by atoms with Gasteiger partial charge in [-0.2, -0.15) is 0 Å². The molecule has 184 valence electrons. The highest BCUT2D eigenvalue weighted by Crippen LogP contribution is 2.31. The van der Waals surface area contributed by atoms with E-state index in [0.29, 0.717) is 46.9 Å². The van der Waals surface area contributed by atoms with Crippen molar-refractivity contribution in [1.82, 2.24) is 25.2 Å². The number of carbonyl (C=O) groups excluding carboxylic acids is 1. The van der Waals surface area contributed by atoms with Gasteiger partial charge in [0, 0.05) is 43.4 Å². The van der Waals surface area contributed by atoms with Crippen LogP contribution in [0.2, 0.25) is 0 Å². The first-order valence-electron chi connectivity index (χ1n) is 11.9. The van der Waals surface area contributed by atoms with E-state index in [1.54, 1.807) is 6.07 Å². The highest BCUT2D eigenvalue weighted by molar-refractivity contribution is 5.95.